The van der Waals surface area contributed by atoms with Crippen LogP contribution in [0.3, 0.4) is 0 Å². The van der Waals surface area contributed by atoms with Crippen LogP contribution >= 0.6 is 11.3 Å². The summed E-state index contributed by atoms with van der Waals surface area (Å²) in [5.41, 5.74) is 6.07. The highest BCUT2D eigenvalue weighted by Crippen LogP contribution is 2.26. The molecule has 0 amide bonds. The Balaban J connectivity index is 1.50. The lowest BCUT2D eigenvalue weighted by molar-refractivity contribution is 0.353. The molecule has 0 unspecified atom stereocenters. The highest BCUT2D eigenvalue weighted by molar-refractivity contribution is 7.22. The molecule has 0 saturated carbocycles. The number of rotatable bonds is 3. The molecule has 0 aliphatic carbocycles. The zero-order valence-corrected chi connectivity index (χ0v) is 12.5. The molecular formula is C17H13N3OS. The molecule has 0 saturated heterocycles. The van der Waals surface area contributed by atoms with Crippen molar-refractivity contribution in [2.24, 2.45) is 5.10 Å². The van der Waals surface area contributed by atoms with E-state index in [2.05, 4.69) is 27.7 Å². The highest BCUT2D eigenvalue weighted by Gasteiger charge is 2.08. The molecule has 108 valence electrons. The van der Waals surface area contributed by atoms with Gasteiger partial charge in [0, 0.05) is 11.1 Å². The number of benzene rings is 2. The van der Waals surface area contributed by atoms with Crippen molar-refractivity contribution in [1.29, 1.82) is 0 Å². The van der Waals surface area contributed by atoms with Crippen molar-refractivity contribution in [2.75, 3.05) is 12.0 Å². The fraction of sp³-hybridized carbons (Fsp3) is 0.0588. The van der Waals surface area contributed by atoms with Crippen LogP contribution in [-0.2, 0) is 0 Å². The van der Waals surface area contributed by atoms with E-state index in [9.17, 15) is 0 Å². The van der Waals surface area contributed by atoms with Gasteiger partial charge in [0.1, 0.15) is 12.4 Å². The molecule has 1 aliphatic heterocycles. The van der Waals surface area contributed by atoms with Gasteiger partial charge >= 0.3 is 0 Å². The van der Waals surface area contributed by atoms with Crippen LogP contribution in [-0.4, -0.2) is 17.8 Å². The number of hydrazone groups is 1. The number of thiazole rings is 1. The molecule has 3 aromatic rings. The Morgan fingerprint density at radius 3 is 2.95 bits per heavy atom. The van der Waals surface area contributed by atoms with Crippen LogP contribution < -0.4 is 10.2 Å². The van der Waals surface area contributed by atoms with Crippen LogP contribution in [0.15, 0.2) is 59.2 Å². The van der Waals surface area contributed by atoms with E-state index in [4.69, 9.17) is 4.74 Å². The molecule has 2 heterocycles. The Morgan fingerprint density at radius 2 is 2.00 bits per heavy atom. The summed E-state index contributed by atoms with van der Waals surface area (Å²) in [7, 11) is 0. The lowest BCUT2D eigenvalue weighted by Crippen LogP contribution is -2.08. The van der Waals surface area contributed by atoms with Gasteiger partial charge in [-0.15, -0.1) is 0 Å². The highest BCUT2D eigenvalue weighted by atomic mass is 32.1. The second-order valence-electron chi connectivity index (χ2n) is 4.90. The van der Waals surface area contributed by atoms with Crippen LogP contribution in [0.1, 0.15) is 5.56 Å². The number of para-hydroxylation sites is 2. The molecule has 1 N–H and O–H groups in total. The van der Waals surface area contributed by atoms with Gasteiger partial charge in [-0.3, -0.25) is 5.43 Å². The van der Waals surface area contributed by atoms with Gasteiger partial charge in [0.15, 0.2) is 0 Å². The van der Waals surface area contributed by atoms with Gasteiger partial charge in [0.25, 0.3) is 0 Å². The maximum Gasteiger partial charge on any atom is 0.204 e. The molecule has 1 aromatic heterocycles. The van der Waals surface area contributed by atoms with Crippen LogP contribution in [0.5, 0.6) is 5.75 Å². The zero-order chi connectivity index (χ0) is 14.8. The van der Waals surface area contributed by atoms with Crippen LogP contribution in [0.4, 0.5) is 5.13 Å². The van der Waals surface area contributed by atoms with E-state index < -0.39 is 0 Å². The van der Waals surface area contributed by atoms with Gasteiger partial charge in [0.2, 0.25) is 5.13 Å². The lowest BCUT2D eigenvalue weighted by atomic mass is 10.1. The van der Waals surface area contributed by atoms with E-state index in [1.54, 1.807) is 17.6 Å². The van der Waals surface area contributed by atoms with Gasteiger partial charge in [0.05, 0.1) is 16.4 Å². The molecule has 0 spiro atoms. The predicted octanol–water partition coefficient (Wildman–Crippen LogP) is 4.17. The van der Waals surface area contributed by atoms with E-state index in [0.29, 0.717) is 6.61 Å². The van der Waals surface area contributed by atoms with Crippen LogP contribution in [0.25, 0.3) is 16.3 Å². The van der Waals surface area contributed by atoms with Gasteiger partial charge in [-0.1, -0.05) is 41.7 Å². The SMILES string of the molecule is C(=NNc1nc2ccccc2s1)C1=Cc2ccccc2OC1. The first-order valence-corrected chi connectivity index (χ1v) is 7.77. The number of hydrogen-bond donors (Lipinski definition) is 1. The number of fused-ring (bicyclic) bond motifs is 2. The maximum atomic E-state index is 5.69. The molecule has 0 atom stereocenters. The minimum atomic E-state index is 0.530. The molecule has 1 aliphatic rings. The van der Waals surface area contributed by atoms with Crippen molar-refractivity contribution in [3.8, 4) is 5.75 Å². The molecule has 4 nitrogen and oxygen atoms in total. The second-order valence-corrected chi connectivity index (χ2v) is 5.93. The minimum absolute atomic E-state index is 0.530. The predicted molar refractivity (Wildman–Crippen MR) is 91.6 cm³/mol. The Hall–Kier alpha value is -2.66. The summed E-state index contributed by atoms with van der Waals surface area (Å²) in [6.07, 6.45) is 3.87. The van der Waals surface area contributed by atoms with Crippen molar-refractivity contribution >= 4 is 39.0 Å². The Morgan fingerprint density at radius 1 is 1.14 bits per heavy atom. The molecule has 0 bridgehead atoms. The number of aromatic nitrogens is 1. The summed E-state index contributed by atoms with van der Waals surface area (Å²) in [5, 5.41) is 5.05. The van der Waals surface area contributed by atoms with E-state index >= 15 is 0 Å². The number of ether oxygens (including phenoxy) is 1. The molecule has 0 radical (unpaired) electrons. The molecule has 0 fully saturated rings. The maximum absolute atomic E-state index is 5.69. The van der Waals surface area contributed by atoms with Gasteiger partial charge in [-0.25, -0.2) is 4.98 Å². The quantitative estimate of drug-likeness (QED) is 0.583. The van der Waals surface area contributed by atoms with Crippen LogP contribution in [0.2, 0.25) is 0 Å². The smallest absolute Gasteiger partial charge is 0.204 e. The van der Waals surface area contributed by atoms with E-state index in [1.165, 1.54) is 0 Å². The molecule has 22 heavy (non-hydrogen) atoms. The largest absolute Gasteiger partial charge is 0.488 e. The summed E-state index contributed by atoms with van der Waals surface area (Å²) >= 11 is 1.59. The third-order valence-electron chi connectivity index (χ3n) is 3.34. The molecular weight excluding hydrogens is 294 g/mol. The average molecular weight is 307 g/mol. The summed E-state index contributed by atoms with van der Waals surface area (Å²) in [6.45, 7) is 0.530. The van der Waals surface area contributed by atoms with E-state index in [0.717, 1.165) is 32.2 Å². The normalized spacial score (nSPS) is 13.7. The average Bonchev–Trinajstić information content (AvgIpc) is 2.97. The summed E-state index contributed by atoms with van der Waals surface area (Å²) < 4.78 is 6.83. The Labute approximate surface area is 131 Å². The van der Waals surface area contributed by atoms with Gasteiger partial charge < -0.3 is 4.74 Å². The summed E-state index contributed by atoms with van der Waals surface area (Å²) in [5.74, 6) is 0.916. The fourth-order valence-corrected chi connectivity index (χ4v) is 3.11. The summed E-state index contributed by atoms with van der Waals surface area (Å²) in [4.78, 5) is 4.47. The molecule has 2 aromatic carbocycles. The third kappa shape index (κ3) is 2.58. The van der Waals surface area contributed by atoms with Crippen molar-refractivity contribution in [2.45, 2.75) is 0 Å². The van der Waals surface area contributed by atoms with Crippen LogP contribution in [0, 0.1) is 0 Å². The summed E-state index contributed by atoms with van der Waals surface area (Å²) in [6, 6.07) is 16.0. The Kier molecular flexibility index (Phi) is 3.33. The fourth-order valence-electron chi connectivity index (χ4n) is 2.30. The zero-order valence-electron chi connectivity index (χ0n) is 11.7. The van der Waals surface area contributed by atoms with Gasteiger partial charge in [-0.05, 0) is 24.3 Å². The lowest BCUT2D eigenvalue weighted by Gasteiger charge is -2.15. The first kappa shape index (κ1) is 13.0. The first-order chi connectivity index (χ1) is 10.9. The van der Waals surface area contributed by atoms with Crippen molar-refractivity contribution in [1.82, 2.24) is 4.98 Å². The molecule has 4 rings (SSSR count). The Bertz CT molecular complexity index is 849. The van der Waals surface area contributed by atoms with Gasteiger partial charge in [-0.2, -0.15) is 5.10 Å². The molecule has 5 heteroatoms. The van der Waals surface area contributed by atoms with Crippen molar-refractivity contribution in [3.63, 3.8) is 0 Å². The van der Waals surface area contributed by atoms with Crippen molar-refractivity contribution < 1.29 is 4.74 Å². The standard InChI is InChI=1S/C17H13N3OS/c1-3-7-15-13(5-1)9-12(11-21-15)10-18-20-17-19-14-6-2-4-8-16(14)22-17/h1-10H,11H2,(H,19,20). The minimum Gasteiger partial charge on any atom is -0.488 e. The van der Waals surface area contributed by atoms with E-state index in [-0.39, 0.29) is 0 Å². The number of nitrogens with one attached hydrogen (secondary N) is 1. The third-order valence-corrected chi connectivity index (χ3v) is 4.28. The topological polar surface area (TPSA) is 46.5 Å². The first-order valence-electron chi connectivity index (χ1n) is 6.95. The number of hydrogen-bond acceptors (Lipinski definition) is 5. The van der Waals surface area contributed by atoms with Crippen molar-refractivity contribution in [3.05, 3.63) is 59.7 Å². The monoisotopic (exact) mass is 307 g/mol. The number of nitrogens with zero attached hydrogens (tertiary/aromatic N) is 2. The van der Waals surface area contributed by atoms with E-state index in [1.807, 2.05) is 42.5 Å². The number of anilines is 1. The second kappa shape index (κ2) is 5.61.